The number of rotatable bonds is 8. The van der Waals surface area contributed by atoms with Crippen molar-refractivity contribution in [2.45, 2.75) is 18.9 Å². The predicted octanol–water partition coefficient (Wildman–Crippen LogP) is 2.36. The molecule has 0 spiro atoms. The molecule has 0 fully saturated rings. The lowest BCUT2D eigenvalue weighted by Gasteiger charge is -2.10. The van der Waals surface area contributed by atoms with Crippen LogP contribution in [0.25, 0.3) is 0 Å². The van der Waals surface area contributed by atoms with Crippen LogP contribution in [0.15, 0.2) is 59.6 Å². The van der Waals surface area contributed by atoms with Crippen molar-refractivity contribution in [1.82, 2.24) is 5.32 Å². The summed E-state index contributed by atoms with van der Waals surface area (Å²) in [5, 5.41) is 13.1. The number of hydrogen-bond acceptors (Lipinski definition) is 3. The molecule has 0 bridgehead atoms. The highest BCUT2D eigenvalue weighted by atomic mass is 127. The van der Waals surface area contributed by atoms with E-state index in [0.29, 0.717) is 18.9 Å². The van der Waals surface area contributed by atoms with Crippen LogP contribution in [-0.2, 0) is 12.8 Å². The van der Waals surface area contributed by atoms with Crippen LogP contribution in [0, 0.1) is 0 Å². The summed E-state index contributed by atoms with van der Waals surface area (Å²) in [6, 6.07) is 17.8. The molecule has 1 unspecified atom stereocenters. The standard InChI is InChI=1S/C19H25N3O2.HI/c1-24-18-9-7-15(8-10-18)11-12-21-19(20)22-14-17(23)13-16-5-3-2-4-6-16;/h2-10,17,23H,11-14H2,1H3,(H3,20,21,22);1H. The van der Waals surface area contributed by atoms with Gasteiger partial charge in [0.2, 0.25) is 0 Å². The highest BCUT2D eigenvalue weighted by Crippen LogP contribution is 2.11. The van der Waals surface area contributed by atoms with Crippen molar-refractivity contribution >= 4 is 29.9 Å². The van der Waals surface area contributed by atoms with Gasteiger partial charge in [-0.2, -0.15) is 0 Å². The number of guanidine groups is 1. The smallest absolute Gasteiger partial charge is 0.188 e. The number of nitrogens with one attached hydrogen (secondary N) is 1. The first kappa shape index (κ1) is 21.2. The molecule has 5 nitrogen and oxygen atoms in total. The Balaban J connectivity index is 0.00000312. The van der Waals surface area contributed by atoms with Crippen molar-refractivity contribution in [3.8, 4) is 5.75 Å². The Labute approximate surface area is 166 Å². The second-order valence-corrected chi connectivity index (χ2v) is 5.59. The van der Waals surface area contributed by atoms with E-state index in [1.165, 1.54) is 5.56 Å². The normalized spacial score (nSPS) is 12.2. The van der Waals surface area contributed by atoms with Crippen molar-refractivity contribution in [1.29, 1.82) is 0 Å². The van der Waals surface area contributed by atoms with E-state index in [1.807, 2.05) is 54.6 Å². The number of methoxy groups -OCH3 is 1. The molecule has 0 aromatic heterocycles. The third-order valence-electron chi connectivity index (χ3n) is 3.67. The molecule has 0 radical (unpaired) electrons. The fraction of sp³-hybridized carbons (Fsp3) is 0.316. The summed E-state index contributed by atoms with van der Waals surface area (Å²) in [7, 11) is 1.65. The zero-order valence-electron chi connectivity index (χ0n) is 14.4. The summed E-state index contributed by atoms with van der Waals surface area (Å²) in [6.45, 7) is 0.979. The first-order valence-electron chi connectivity index (χ1n) is 8.06. The fourth-order valence-corrected chi connectivity index (χ4v) is 2.34. The van der Waals surface area contributed by atoms with Gasteiger partial charge in [-0.1, -0.05) is 42.5 Å². The SMILES string of the molecule is COc1ccc(CCNC(N)=NCC(O)Cc2ccccc2)cc1.I. The minimum Gasteiger partial charge on any atom is -0.497 e. The van der Waals surface area contributed by atoms with E-state index in [0.717, 1.165) is 17.7 Å². The Bertz CT molecular complexity index is 633. The van der Waals surface area contributed by atoms with Crippen LogP contribution in [0.3, 0.4) is 0 Å². The molecule has 4 N–H and O–H groups in total. The number of ether oxygens (including phenoxy) is 1. The first-order valence-corrected chi connectivity index (χ1v) is 8.06. The molecule has 0 aliphatic carbocycles. The summed E-state index contributed by atoms with van der Waals surface area (Å²) >= 11 is 0. The van der Waals surface area contributed by atoms with Crippen LogP contribution in [0.4, 0.5) is 0 Å². The summed E-state index contributed by atoms with van der Waals surface area (Å²) in [6.07, 6.45) is 0.880. The van der Waals surface area contributed by atoms with Gasteiger partial charge >= 0.3 is 0 Å². The van der Waals surface area contributed by atoms with Crippen molar-refractivity contribution in [3.05, 3.63) is 65.7 Å². The molecular formula is C19H26IN3O2. The molecule has 0 saturated carbocycles. The molecule has 2 rings (SSSR count). The zero-order chi connectivity index (χ0) is 17.2. The van der Waals surface area contributed by atoms with Crippen LogP contribution >= 0.6 is 24.0 Å². The van der Waals surface area contributed by atoms with Crippen molar-refractivity contribution in [2.75, 3.05) is 20.2 Å². The Morgan fingerprint density at radius 3 is 2.44 bits per heavy atom. The van der Waals surface area contributed by atoms with Crippen LogP contribution in [0.5, 0.6) is 5.75 Å². The van der Waals surface area contributed by atoms with Gasteiger partial charge in [0.25, 0.3) is 0 Å². The van der Waals surface area contributed by atoms with Crippen molar-refractivity contribution < 1.29 is 9.84 Å². The summed E-state index contributed by atoms with van der Waals surface area (Å²) in [4.78, 5) is 4.19. The molecule has 25 heavy (non-hydrogen) atoms. The third-order valence-corrected chi connectivity index (χ3v) is 3.67. The quantitative estimate of drug-likeness (QED) is 0.325. The van der Waals surface area contributed by atoms with E-state index in [2.05, 4.69) is 10.3 Å². The van der Waals surface area contributed by atoms with Crippen LogP contribution in [0.2, 0.25) is 0 Å². The topological polar surface area (TPSA) is 79.9 Å². The number of halogens is 1. The molecular weight excluding hydrogens is 429 g/mol. The van der Waals surface area contributed by atoms with Gasteiger partial charge in [-0.25, -0.2) is 0 Å². The number of hydrogen-bond donors (Lipinski definition) is 3. The maximum Gasteiger partial charge on any atom is 0.188 e. The van der Waals surface area contributed by atoms with E-state index in [-0.39, 0.29) is 30.5 Å². The lowest BCUT2D eigenvalue weighted by molar-refractivity contribution is 0.184. The molecule has 136 valence electrons. The minimum absolute atomic E-state index is 0. The summed E-state index contributed by atoms with van der Waals surface area (Å²) in [5.74, 6) is 1.20. The number of aliphatic imine (C=N–C) groups is 1. The van der Waals surface area contributed by atoms with E-state index < -0.39 is 6.10 Å². The molecule has 0 amide bonds. The fourth-order valence-electron chi connectivity index (χ4n) is 2.34. The first-order chi connectivity index (χ1) is 11.7. The number of nitrogens with two attached hydrogens (primary N) is 1. The number of benzene rings is 2. The van der Waals surface area contributed by atoms with Gasteiger partial charge in [-0.3, -0.25) is 4.99 Å². The Kier molecular flexibility index (Phi) is 9.94. The third kappa shape index (κ3) is 8.22. The summed E-state index contributed by atoms with van der Waals surface area (Å²) in [5.41, 5.74) is 8.12. The summed E-state index contributed by atoms with van der Waals surface area (Å²) < 4.78 is 5.13. The van der Waals surface area contributed by atoms with Gasteiger partial charge in [-0.05, 0) is 29.7 Å². The molecule has 0 heterocycles. The molecule has 0 aliphatic rings. The van der Waals surface area contributed by atoms with Crippen LogP contribution in [0.1, 0.15) is 11.1 Å². The van der Waals surface area contributed by atoms with Gasteiger partial charge in [-0.15, -0.1) is 24.0 Å². The Morgan fingerprint density at radius 2 is 1.80 bits per heavy atom. The van der Waals surface area contributed by atoms with E-state index in [9.17, 15) is 5.11 Å². The van der Waals surface area contributed by atoms with E-state index in [4.69, 9.17) is 10.5 Å². The minimum atomic E-state index is -0.533. The highest BCUT2D eigenvalue weighted by molar-refractivity contribution is 14.0. The van der Waals surface area contributed by atoms with Crippen LogP contribution in [-0.4, -0.2) is 37.4 Å². The Hall–Kier alpha value is -1.80. The lowest BCUT2D eigenvalue weighted by Crippen LogP contribution is -2.34. The van der Waals surface area contributed by atoms with E-state index in [1.54, 1.807) is 7.11 Å². The Morgan fingerprint density at radius 1 is 1.12 bits per heavy atom. The maximum absolute atomic E-state index is 10.0. The average molecular weight is 455 g/mol. The zero-order valence-corrected chi connectivity index (χ0v) is 16.7. The molecule has 1 atom stereocenters. The largest absolute Gasteiger partial charge is 0.497 e. The molecule has 0 saturated heterocycles. The van der Waals surface area contributed by atoms with Gasteiger partial charge in [0.15, 0.2) is 5.96 Å². The molecule has 6 heteroatoms. The van der Waals surface area contributed by atoms with Gasteiger partial charge < -0.3 is 20.9 Å². The second kappa shape index (κ2) is 11.7. The molecule has 0 aliphatic heterocycles. The molecule has 2 aromatic carbocycles. The highest BCUT2D eigenvalue weighted by Gasteiger charge is 2.04. The van der Waals surface area contributed by atoms with Gasteiger partial charge in [0, 0.05) is 13.0 Å². The number of aliphatic hydroxyl groups is 1. The van der Waals surface area contributed by atoms with Crippen molar-refractivity contribution in [3.63, 3.8) is 0 Å². The lowest BCUT2D eigenvalue weighted by atomic mass is 10.1. The number of aliphatic hydroxyl groups excluding tert-OH is 1. The average Bonchev–Trinajstić information content (AvgIpc) is 2.61. The predicted molar refractivity (Wildman–Crippen MR) is 113 cm³/mol. The van der Waals surface area contributed by atoms with E-state index >= 15 is 0 Å². The second-order valence-electron chi connectivity index (χ2n) is 5.59. The van der Waals surface area contributed by atoms with Gasteiger partial charge in [0.1, 0.15) is 5.75 Å². The molecule has 2 aromatic rings. The maximum atomic E-state index is 10.0. The number of nitrogens with zero attached hydrogens (tertiary/aromatic N) is 1. The monoisotopic (exact) mass is 455 g/mol. The van der Waals surface area contributed by atoms with Crippen LogP contribution < -0.4 is 15.8 Å². The van der Waals surface area contributed by atoms with Crippen molar-refractivity contribution in [2.24, 2.45) is 10.7 Å². The van der Waals surface area contributed by atoms with Gasteiger partial charge in [0.05, 0.1) is 19.8 Å².